The van der Waals surface area contributed by atoms with Gasteiger partial charge in [-0.15, -0.1) is 0 Å². The van der Waals surface area contributed by atoms with E-state index in [2.05, 4.69) is 10.1 Å². The molecule has 0 bridgehead atoms. The molecule has 0 spiro atoms. The van der Waals surface area contributed by atoms with Crippen molar-refractivity contribution in [2.75, 3.05) is 12.4 Å². The number of aliphatic hydroxyl groups excluding tert-OH is 1. The highest BCUT2D eigenvalue weighted by Gasteiger charge is 2.15. The minimum atomic E-state index is -1.20. The molecule has 2 N–H and O–H groups in total. The van der Waals surface area contributed by atoms with Gasteiger partial charge in [0.2, 0.25) is 0 Å². The lowest BCUT2D eigenvalue weighted by Gasteiger charge is -2.10. The Morgan fingerprint density at radius 3 is 2.33 bits per heavy atom. The van der Waals surface area contributed by atoms with Crippen molar-refractivity contribution in [3.63, 3.8) is 0 Å². The first-order valence-corrected chi connectivity index (χ1v) is 7.41. The molecule has 2 aromatic carbocycles. The van der Waals surface area contributed by atoms with Crippen molar-refractivity contribution in [2.45, 2.75) is 19.1 Å². The van der Waals surface area contributed by atoms with Crippen molar-refractivity contribution in [1.82, 2.24) is 0 Å². The molecule has 1 amide bonds. The summed E-state index contributed by atoms with van der Waals surface area (Å²) >= 11 is 0. The molecule has 6 nitrogen and oxygen atoms in total. The van der Waals surface area contributed by atoms with Gasteiger partial charge in [0, 0.05) is 12.1 Å². The summed E-state index contributed by atoms with van der Waals surface area (Å²) in [5.74, 6) is -0.679. The lowest BCUT2D eigenvalue weighted by Crippen LogP contribution is -2.24. The SMILES string of the molecule is COC(=O)C(O)Cc1ccc(NC(=O)OCc2ccccc2)cc1. The van der Waals surface area contributed by atoms with E-state index in [0.717, 1.165) is 11.1 Å². The number of ether oxygens (including phenoxy) is 2. The maximum Gasteiger partial charge on any atom is 0.411 e. The maximum atomic E-state index is 11.7. The van der Waals surface area contributed by atoms with E-state index in [0.29, 0.717) is 5.69 Å². The number of methoxy groups -OCH3 is 1. The Kier molecular flexibility index (Phi) is 6.33. The average molecular weight is 329 g/mol. The number of benzene rings is 2. The van der Waals surface area contributed by atoms with Crippen molar-refractivity contribution in [3.8, 4) is 0 Å². The van der Waals surface area contributed by atoms with Gasteiger partial charge in [-0.1, -0.05) is 42.5 Å². The quantitative estimate of drug-likeness (QED) is 0.796. The Morgan fingerprint density at radius 1 is 1.04 bits per heavy atom. The molecule has 0 aromatic heterocycles. The lowest BCUT2D eigenvalue weighted by atomic mass is 10.1. The molecule has 0 fully saturated rings. The van der Waals surface area contributed by atoms with Crippen LogP contribution in [0.5, 0.6) is 0 Å². The first-order valence-electron chi connectivity index (χ1n) is 7.41. The third-order valence-corrected chi connectivity index (χ3v) is 3.32. The van der Waals surface area contributed by atoms with Gasteiger partial charge in [0.05, 0.1) is 7.11 Å². The summed E-state index contributed by atoms with van der Waals surface area (Å²) in [5, 5.41) is 12.2. The molecule has 0 aliphatic carbocycles. The van der Waals surface area contributed by atoms with E-state index in [1.807, 2.05) is 30.3 Å². The second-order valence-corrected chi connectivity index (χ2v) is 5.13. The van der Waals surface area contributed by atoms with Crippen molar-refractivity contribution in [3.05, 3.63) is 65.7 Å². The molecule has 126 valence electrons. The van der Waals surface area contributed by atoms with Gasteiger partial charge >= 0.3 is 12.1 Å². The first-order chi connectivity index (χ1) is 11.6. The van der Waals surface area contributed by atoms with Crippen LogP contribution in [0.2, 0.25) is 0 Å². The zero-order valence-electron chi connectivity index (χ0n) is 13.3. The second-order valence-electron chi connectivity index (χ2n) is 5.13. The molecule has 1 atom stereocenters. The second kappa shape index (κ2) is 8.69. The summed E-state index contributed by atoms with van der Waals surface area (Å²) in [7, 11) is 1.22. The monoisotopic (exact) mass is 329 g/mol. The van der Waals surface area contributed by atoms with Crippen molar-refractivity contribution in [1.29, 1.82) is 0 Å². The van der Waals surface area contributed by atoms with Crippen LogP contribution in [-0.4, -0.2) is 30.4 Å². The van der Waals surface area contributed by atoms with Gasteiger partial charge in [0.15, 0.2) is 6.10 Å². The molecular weight excluding hydrogens is 310 g/mol. The van der Waals surface area contributed by atoms with Crippen LogP contribution in [0.4, 0.5) is 10.5 Å². The molecule has 6 heteroatoms. The summed E-state index contributed by atoms with van der Waals surface area (Å²) in [4.78, 5) is 22.9. The Balaban J connectivity index is 1.82. The highest BCUT2D eigenvalue weighted by molar-refractivity contribution is 5.84. The number of carbonyl (C=O) groups is 2. The smallest absolute Gasteiger partial charge is 0.411 e. The lowest BCUT2D eigenvalue weighted by molar-refractivity contribution is -0.150. The summed E-state index contributed by atoms with van der Waals surface area (Å²) in [6.45, 7) is 0.191. The fraction of sp³-hybridized carbons (Fsp3) is 0.222. The molecule has 0 radical (unpaired) electrons. The average Bonchev–Trinajstić information content (AvgIpc) is 2.61. The topological polar surface area (TPSA) is 84.9 Å². The number of hydrogen-bond donors (Lipinski definition) is 2. The Labute approximate surface area is 140 Å². The first kappa shape index (κ1) is 17.5. The fourth-order valence-corrected chi connectivity index (χ4v) is 2.04. The van der Waals surface area contributed by atoms with Crippen LogP contribution in [0.25, 0.3) is 0 Å². The minimum Gasteiger partial charge on any atom is -0.467 e. The van der Waals surface area contributed by atoms with E-state index in [-0.39, 0.29) is 13.0 Å². The number of aliphatic hydroxyl groups is 1. The van der Waals surface area contributed by atoms with E-state index >= 15 is 0 Å². The van der Waals surface area contributed by atoms with Crippen LogP contribution >= 0.6 is 0 Å². The van der Waals surface area contributed by atoms with Crippen LogP contribution in [-0.2, 0) is 27.3 Å². The molecule has 2 aromatic rings. The Bertz CT molecular complexity index is 670. The predicted molar refractivity (Wildman–Crippen MR) is 88.4 cm³/mol. The van der Waals surface area contributed by atoms with Gasteiger partial charge < -0.3 is 14.6 Å². The molecular formula is C18H19NO5. The standard InChI is InChI=1S/C18H19NO5/c1-23-17(21)16(20)11-13-7-9-15(10-8-13)19-18(22)24-12-14-5-3-2-4-6-14/h2-10,16,20H,11-12H2,1H3,(H,19,22). The third-order valence-electron chi connectivity index (χ3n) is 3.32. The van der Waals surface area contributed by atoms with Gasteiger partial charge in [-0.25, -0.2) is 9.59 Å². The van der Waals surface area contributed by atoms with E-state index in [4.69, 9.17) is 4.74 Å². The van der Waals surface area contributed by atoms with Gasteiger partial charge in [-0.05, 0) is 23.3 Å². The maximum absolute atomic E-state index is 11.7. The summed E-state index contributed by atoms with van der Waals surface area (Å²) in [5.41, 5.74) is 2.21. The highest BCUT2D eigenvalue weighted by atomic mass is 16.5. The minimum absolute atomic E-state index is 0.144. The van der Waals surface area contributed by atoms with Gasteiger partial charge in [-0.2, -0.15) is 0 Å². The summed E-state index contributed by atoms with van der Waals surface area (Å²) in [6.07, 6.45) is -1.61. The number of amides is 1. The Morgan fingerprint density at radius 2 is 1.71 bits per heavy atom. The van der Waals surface area contributed by atoms with Crippen molar-refractivity contribution < 1.29 is 24.2 Å². The largest absolute Gasteiger partial charge is 0.467 e. The zero-order chi connectivity index (χ0) is 17.4. The molecule has 0 heterocycles. The number of hydrogen-bond acceptors (Lipinski definition) is 5. The van der Waals surface area contributed by atoms with Gasteiger partial charge in [-0.3, -0.25) is 5.32 Å². The molecule has 1 unspecified atom stereocenters. The Hall–Kier alpha value is -2.86. The summed E-state index contributed by atoms with van der Waals surface area (Å²) in [6, 6.07) is 16.1. The number of esters is 1. The van der Waals surface area contributed by atoms with Crippen LogP contribution in [0.1, 0.15) is 11.1 Å². The third kappa shape index (κ3) is 5.40. The van der Waals surface area contributed by atoms with Crippen LogP contribution in [0.3, 0.4) is 0 Å². The number of rotatable bonds is 6. The van der Waals surface area contributed by atoms with Gasteiger partial charge in [0.1, 0.15) is 6.61 Å². The normalized spacial score (nSPS) is 11.4. The van der Waals surface area contributed by atoms with Crippen molar-refractivity contribution >= 4 is 17.7 Å². The van der Waals surface area contributed by atoms with Crippen LogP contribution < -0.4 is 5.32 Å². The van der Waals surface area contributed by atoms with E-state index in [1.54, 1.807) is 24.3 Å². The molecule has 24 heavy (non-hydrogen) atoms. The van der Waals surface area contributed by atoms with E-state index < -0.39 is 18.2 Å². The zero-order valence-corrected chi connectivity index (χ0v) is 13.3. The summed E-state index contributed by atoms with van der Waals surface area (Å²) < 4.78 is 9.58. The number of anilines is 1. The number of carbonyl (C=O) groups excluding carboxylic acids is 2. The molecule has 0 aliphatic rings. The van der Waals surface area contributed by atoms with Gasteiger partial charge in [0.25, 0.3) is 0 Å². The molecule has 0 saturated carbocycles. The van der Waals surface area contributed by atoms with Crippen LogP contribution in [0, 0.1) is 0 Å². The predicted octanol–water partition coefficient (Wildman–Crippen LogP) is 2.51. The van der Waals surface area contributed by atoms with Crippen LogP contribution in [0.15, 0.2) is 54.6 Å². The molecule has 0 aliphatic heterocycles. The van der Waals surface area contributed by atoms with E-state index in [9.17, 15) is 14.7 Å². The molecule has 0 saturated heterocycles. The highest BCUT2D eigenvalue weighted by Crippen LogP contribution is 2.12. The number of nitrogens with one attached hydrogen (secondary N) is 1. The fourth-order valence-electron chi connectivity index (χ4n) is 2.04. The van der Waals surface area contributed by atoms with Crippen molar-refractivity contribution in [2.24, 2.45) is 0 Å². The molecule has 2 rings (SSSR count). The van der Waals surface area contributed by atoms with E-state index in [1.165, 1.54) is 7.11 Å².